The SMILES string of the molecule is CC(OC(=O)/C=C/c1cccc(F)c1)C(=O)N(C)Cc1ccccc1. The van der Waals surface area contributed by atoms with E-state index in [-0.39, 0.29) is 11.7 Å². The summed E-state index contributed by atoms with van der Waals surface area (Å²) in [4.78, 5) is 25.6. The van der Waals surface area contributed by atoms with Gasteiger partial charge in [0, 0.05) is 19.7 Å². The molecule has 5 heteroatoms. The zero-order valence-corrected chi connectivity index (χ0v) is 14.2. The summed E-state index contributed by atoms with van der Waals surface area (Å²) in [5.74, 6) is -1.34. The summed E-state index contributed by atoms with van der Waals surface area (Å²) in [5, 5.41) is 0. The van der Waals surface area contributed by atoms with Gasteiger partial charge in [0.25, 0.3) is 5.91 Å². The molecule has 0 bridgehead atoms. The molecule has 2 rings (SSSR count). The van der Waals surface area contributed by atoms with Gasteiger partial charge in [-0.1, -0.05) is 42.5 Å². The summed E-state index contributed by atoms with van der Waals surface area (Å²) in [5.41, 5.74) is 1.53. The van der Waals surface area contributed by atoms with Gasteiger partial charge in [0.1, 0.15) is 5.82 Å². The molecule has 25 heavy (non-hydrogen) atoms. The zero-order chi connectivity index (χ0) is 18.2. The third-order valence-corrected chi connectivity index (χ3v) is 3.54. The highest BCUT2D eigenvalue weighted by Gasteiger charge is 2.20. The third kappa shape index (κ3) is 5.88. The highest BCUT2D eigenvalue weighted by atomic mass is 19.1. The molecule has 2 aromatic carbocycles. The standard InChI is InChI=1S/C20H20FNO3/c1-15(20(24)22(2)14-17-7-4-3-5-8-17)25-19(23)12-11-16-9-6-10-18(21)13-16/h3-13,15H,14H2,1-2H3/b12-11+. The van der Waals surface area contributed by atoms with Gasteiger partial charge in [-0.2, -0.15) is 0 Å². The van der Waals surface area contributed by atoms with Crippen molar-refractivity contribution in [1.29, 1.82) is 0 Å². The van der Waals surface area contributed by atoms with Gasteiger partial charge in [0.2, 0.25) is 0 Å². The summed E-state index contributed by atoms with van der Waals surface area (Å²) in [6, 6.07) is 15.4. The number of nitrogens with zero attached hydrogens (tertiary/aromatic N) is 1. The Kier molecular flexibility index (Phi) is 6.46. The Morgan fingerprint density at radius 2 is 1.88 bits per heavy atom. The minimum Gasteiger partial charge on any atom is -0.449 e. The molecule has 4 nitrogen and oxygen atoms in total. The molecule has 0 N–H and O–H groups in total. The molecule has 0 aliphatic heterocycles. The van der Waals surface area contributed by atoms with E-state index in [0.717, 1.165) is 5.56 Å². The molecule has 0 aliphatic rings. The number of benzene rings is 2. The highest BCUT2D eigenvalue weighted by molar-refractivity contribution is 5.90. The second kappa shape index (κ2) is 8.78. The Labute approximate surface area is 146 Å². The van der Waals surface area contributed by atoms with Crippen LogP contribution in [0.3, 0.4) is 0 Å². The Bertz CT molecular complexity index is 759. The average Bonchev–Trinajstić information content (AvgIpc) is 2.60. The lowest BCUT2D eigenvalue weighted by Crippen LogP contribution is -2.36. The minimum atomic E-state index is -0.904. The lowest BCUT2D eigenvalue weighted by Gasteiger charge is -2.21. The first-order chi connectivity index (χ1) is 12.0. The smallest absolute Gasteiger partial charge is 0.331 e. The van der Waals surface area contributed by atoms with Crippen LogP contribution in [0.15, 0.2) is 60.7 Å². The van der Waals surface area contributed by atoms with Gasteiger partial charge in [-0.05, 0) is 36.3 Å². The second-order valence-electron chi connectivity index (χ2n) is 5.65. The van der Waals surface area contributed by atoms with E-state index in [4.69, 9.17) is 4.74 Å². The van der Waals surface area contributed by atoms with E-state index in [1.807, 2.05) is 30.3 Å². The van der Waals surface area contributed by atoms with Crippen LogP contribution in [0.2, 0.25) is 0 Å². The van der Waals surface area contributed by atoms with Crippen molar-refractivity contribution in [2.24, 2.45) is 0 Å². The second-order valence-corrected chi connectivity index (χ2v) is 5.65. The molecule has 0 radical (unpaired) electrons. The third-order valence-electron chi connectivity index (χ3n) is 3.54. The quantitative estimate of drug-likeness (QED) is 0.597. The molecule has 2 aromatic rings. The molecule has 1 unspecified atom stereocenters. The molecule has 130 valence electrons. The number of likely N-dealkylation sites (N-methyl/N-ethyl adjacent to an activating group) is 1. The Morgan fingerprint density at radius 1 is 1.16 bits per heavy atom. The van der Waals surface area contributed by atoms with Gasteiger partial charge in [0.05, 0.1) is 0 Å². The number of carbonyl (C=O) groups excluding carboxylic acids is 2. The number of ether oxygens (including phenoxy) is 1. The predicted molar refractivity (Wildman–Crippen MR) is 93.9 cm³/mol. The van der Waals surface area contributed by atoms with Gasteiger partial charge in [-0.15, -0.1) is 0 Å². The van der Waals surface area contributed by atoms with Crippen LogP contribution < -0.4 is 0 Å². The maximum absolute atomic E-state index is 13.1. The normalized spacial score (nSPS) is 12.0. The Hall–Kier alpha value is -2.95. The van der Waals surface area contributed by atoms with E-state index in [1.165, 1.54) is 36.1 Å². The number of hydrogen-bond acceptors (Lipinski definition) is 3. The van der Waals surface area contributed by atoms with Crippen LogP contribution in [0.25, 0.3) is 6.08 Å². The summed E-state index contributed by atoms with van der Waals surface area (Å²) >= 11 is 0. The molecule has 0 spiro atoms. The monoisotopic (exact) mass is 341 g/mol. The van der Waals surface area contributed by atoms with E-state index in [0.29, 0.717) is 12.1 Å². The van der Waals surface area contributed by atoms with Crippen molar-refractivity contribution in [2.75, 3.05) is 7.05 Å². The average molecular weight is 341 g/mol. The summed E-state index contributed by atoms with van der Waals surface area (Å²) in [7, 11) is 1.66. The van der Waals surface area contributed by atoms with Gasteiger partial charge in [0.15, 0.2) is 6.10 Å². The molecule has 0 saturated carbocycles. The fraction of sp³-hybridized carbons (Fsp3) is 0.200. The summed E-state index contributed by atoms with van der Waals surface area (Å²) in [6.07, 6.45) is 1.71. The molecule has 0 saturated heterocycles. The van der Waals surface area contributed by atoms with Gasteiger partial charge in [-0.25, -0.2) is 9.18 Å². The van der Waals surface area contributed by atoms with Crippen LogP contribution in [0.5, 0.6) is 0 Å². The number of rotatable bonds is 6. The van der Waals surface area contributed by atoms with Crippen molar-refractivity contribution >= 4 is 18.0 Å². The largest absolute Gasteiger partial charge is 0.449 e. The molecule has 1 amide bonds. The van der Waals surface area contributed by atoms with Crippen LogP contribution >= 0.6 is 0 Å². The van der Waals surface area contributed by atoms with E-state index >= 15 is 0 Å². The topological polar surface area (TPSA) is 46.6 Å². The molecule has 0 aromatic heterocycles. The van der Waals surface area contributed by atoms with Crippen LogP contribution in [0.4, 0.5) is 4.39 Å². The van der Waals surface area contributed by atoms with Crippen molar-refractivity contribution in [3.05, 3.63) is 77.6 Å². The van der Waals surface area contributed by atoms with Crippen molar-refractivity contribution in [3.63, 3.8) is 0 Å². The fourth-order valence-corrected chi connectivity index (χ4v) is 2.28. The number of carbonyl (C=O) groups is 2. The number of halogens is 1. The first-order valence-electron chi connectivity index (χ1n) is 7.89. The molecule has 1 atom stereocenters. The fourth-order valence-electron chi connectivity index (χ4n) is 2.28. The Balaban J connectivity index is 1.88. The minimum absolute atomic E-state index is 0.295. The van der Waals surface area contributed by atoms with Crippen molar-refractivity contribution in [2.45, 2.75) is 19.6 Å². The predicted octanol–water partition coefficient (Wildman–Crippen LogP) is 3.43. The molecular formula is C20H20FNO3. The number of amides is 1. The van der Waals surface area contributed by atoms with Crippen LogP contribution in [-0.2, 0) is 20.9 Å². The van der Waals surface area contributed by atoms with Gasteiger partial charge >= 0.3 is 5.97 Å². The van der Waals surface area contributed by atoms with Gasteiger partial charge < -0.3 is 9.64 Å². The summed E-state index contributed by atoms with van der Waals surface area (Å²) in [6.45, 7) is 1.96. The first-order valence-corrected chi connectivity index (χ1v) is 7.89. The van der Waals surface area contributed by atoms with Crippen molar-refractivity contribution in [3.8, 4) is 0 Å². The maximum atomic E-state index is 13.1. The van der Waals surface area contributed by atoms with Crippen molar-refractivity contribution < 1.29 is 18.7 Å². The molecule has 0 fully saturated rings. The number of esters is 1. The van der Waals surface area contributed by atoms with Crippen LogP contribution in [-0.4, -0.2) is 29.9 Å². The maximum Gasteiger partial charge on any atom is 0.331 e. The number of hydrogen-bond donors (Lipinski definition) is 0. The van der Waals surface area contributed by atoms with E-state index < -0.39 is 12.1 Å². The van der Waals surface area contributed by atoms with E-state index in [2.05, 4.69) is 0 Å². The molecular weight excluding hydrogens is 321 g/mol. The molecule has 0 heterocycles. The van der Waals surface area contributed by atoms with E-state index in [1.54, 1.807) is 19.2 Å². The first kappa shape index (κ1) is 18.4. The highest BCUT2D eigenvalue weighted by Crippen LogP contribution is 2.08. The van der Waals surface area contributed by atoms with E-state index in [9.17, 15) is 14.0 Å². The van der Waals surface area contributed by atoms with Crippen molar-refractivity contribution in [1.82, 2.24) is 4.90 Å². The van der Waals surface area contributed by atoms with Crippen LogP contribution in [0, 0.1) is 5.82 Å². The summed E-state index contributed by atoms with van der Waals surface area (Å²) < 4.78 is 18.2. The van der Waals surface area contributed by atoms with Crippen LogP contribution in [0.1, 0.15) is 18.1 Å². The lowest BCUT2D eigenvalue weighted by molar-refractivity contribution is -0.154. The Morgan fingerprint density at radius 3 is 2.56 bits per heavy atom. The molecule has 0 aliphatic carbocycles. The van der Waals surface area contributed by atoms with Gasteiger partial charge in [-0.3, -0.25) is 4.79 Å². The zero-order valence-electron chi connectivity index (χ0n) is 14.2. The lowest BCUT2D eigenvalue weighted by atomic mass is 10.2.